The molecule has 2 aromatic carbocycles. The highest BCUT2D eigenvalue weighted by atomic mass is 19.1. The second-order valence-electron chi connectivity index (χ2n) is 7.59. The van der Waals surface area contributed by atoms with E-state index in [0.29, 0.717) is 17.1 Å². The van der Waals surface area contributed by atoms with Crippen LogP contribution in [-0.4, -0.2) is 41.8 Å². The van der Waals surface area contributed by atoms with Gasteiger partial charge in [0, 0.05) is 11.8 Å². The number of nitrogens with one attached hydrogen (secondary N) is 1. The number of pyridine rings is 1. The molecular weight excluding hydrogens is 441 g/mol. The monoisotopic (exact) mass is 463 g/mol. The third-order valence-electron chi connectivity index (χ3n) is 5.29. The molecule has 0 radical (unpaired) electrons. The van der Waals surface area contributed by atoms with Gasteiger partial charge in [0.05, 0.1) is 17.9 Å². The van der Waals surface area contributed by atoms with Crippen LogP contribution in [0.2, 0.25) is 0 Å². The molecule has 0 fully saturated rings. The van der Waals surface area contributed by atoms with Gasteiger partial charge in [-0.3, -0.25) is 24.3 Å². The summed E-state index contributed by atoms with van der Waals surface area (Å²) in [5, 5.41) is 2.77. The Kier molecular flexibility index (Phi) is 6.82. The first-order valence-corrected chi connectivity index (χ1v) is 10.6. The number of hydrogen-bond acceptors (Lipinski definition) is 6. The maximum absolute atomic E-state index is 13.8. The van der Waals surface area contributed by atoms with Crippen molar-refractivity contribution in [2.24, 2.45) is 0 Å². The second kappa shape index (κ2) is 10.1. The number of aromatic nitrogens is 1. The zero-order chi connectivity index (χ0) is 24.1. The van der Waals surface area contributed by atoms with Crippen molar-refractivity contribution in [2.45, 2.75) is 19.5 Å². The van der Waals surface area contributed by atoms with Gasteiger partial charge in [-0.2, -0.15) is 0 Å². The van der Waals surface area contributed by atoms with Gasteiger partial charge in [0.15, 0.2) is 30.6 Å². The van der Waals surface area contributed by atoms with E-state index in [4.69, 9.17) is 9.47 Å². The number of benzene rings is 2. The third kappa shape index (κ3) is 5.03. The fraction of sp³-hybridized carbons (Fsp3) is 0.200. The molecule has 1 N–H and O–H groups in total. The normalized spacial score (nSPS) is 13.5. The van der Waals surface area contributed by atoms with E-state index in [1.54, 1.807) is 37.4 Å². The van der Waals surface area contributed by atoms with Crippen LogP contribution in [0.1, 0.15) is 23.0 Å². The van der Waals surface area contributed by atoms with Crippen LogP contribution in [0.4, 0.5) is 10.1 Å². The highest BCUT2D eigenvalue weighted by molar-refractivity contribution is 6.05. The minimum atomic E-state index is -0.862. The van der Waals surface area contributed by atoms with Gasteiger partial charge in [0.25, 0.3) is 5.91 Å². The summed E-state index contributed by atoms with van der Waals surface area (Å²) in [6, 6.07) is 14.9. The van der Waals surface area contributed by atoms with Gasteiger partial charge in [-0.25, -0.2) is 4.39 Å². The van der Waals surface area contributed by atoms with E-state index >= 15 is 0 Å². The van der Waals surface area contributed by atoms with Crippen LogP contribution >= 0.6 is 0 Å². The van der Waals surface area contributed by atoms with Gasteiger partial charge in [-0.1, -0.05) is 18.2 Å². The van der Waals surface area contributed by atoms with Gasteiger partial charge in [0.1, 0.15) is 11.8 Å². The van der Waals surface area contributed by atoms with E-state index in [1.165, 1.54) is 35.2 Å². The number of amides is 2. The number of anilines is 1. The molecule has 9 heteroatoms. The lowest BCUT2D eigenvalue weighted by Gasteiger charge is -2.33. The van der Waals surface area contributed by atoms with Gasteiger partial charge in [-0.05, 0) is 49.4 Å². The molecule has 34 heavy (non-hydrogen) atoms. The smallest absolute Gasteiger partial charge is 0.265 e. The predicted octanol–water partition coefficient (Wildman–Crippen LogP) is 2.91. The lowest BCUT2D eigenvalue weighted by atomic mass is 10.1. The lowest BCUT2D eigenvalue weighted by Crippen LogP contribution is -2.51. The standard InChI is InChI=1S/C25H22FN3O5/c1-16(25(32)28-13-18-6-4-5-11-27-18)29-20-12-17(9-10-23(20)34-15-24(29)31)21(30)14-33-22-8-3-2-7-19(22)26/h2-12,16H,13-15H2,1H3,(H,28,32)/t16-/m1/s1. The van der Waals surface area contributed by atoms with E-state index in [1.807, 2.05) is 6.07 Å². The van der Waals surface area contributed by atoms with Crippen molar-refractivity contribution in [1.82, 2.24) is 10.3 Å². The Bertz CT molecular complexity index is 1220. The Morgan fingerprint density at radius 2 is 1.97 bits per heavy atom. The number of halogens is 1. The van der Waals surface area contributed by atoms with Crippen LogP contribution < -0.4 is 19.7 Å². The molecule has 0 unspecified atom stereocenters. The van der Waals surface area contributed by atoms with Gasteiger partial charge >= 0.3 is 0 Å². The van der Waals surface area contributed by atoms with Crippen LogP contribution in [0.15, 0.2) is 66.9 Å². The molecule has 4 rings (SSSR count). The summed E-state index contributed by atoms with van der Waals surface area (Å²) in [6.07, 6.45) is 1.63. The number of fused-ring (bicyclic) bond motifs is 1. The molecule has 2 heterocycles. The molecule has 3 aromatic rings. The minimum Gasteiger partial charge on any atom is -0.482 e. The first-order chi connectivity index (χ1) is 16.4. The van der Waals surface area contributed by atoms with E-state index < -0.39 is 30.2 Å². The predicted molar refractivity (Wildman–Crippen MR) is 121 cm³/mol. The van der Waals surface area contributed by atoms with Crippen molar-refractivity contribution in [3.05, 3.63) is 83.9 Å². The summed E-state index contributed by atoms with van der Waals surface area (Å²) in [5.74, 6) is -1.46. The summed E-state index contributed by atoms with van der Waals surface area (Å²) < 4.78 is 24.5. The molecule has 0 saturated carbocycles. The summed E-state index contributed by atoms with van der Waals surface area (Å²) in [5.41, 5.74) is 1.22. The number of ketones is 1. The molecule has 8 nitrogen and oxygen atoms in total. The Hall–Kier alpha value is -4.27. The molecule has 1 aliphatic rings. The van der Waals surface area contributed by atoms with Crippen LogP contribution in [-0.2, 0) is 16.1 Å². The molecule has 0 bridgehead atoms. The van der Waals surface area contributed by atoms with E-state index in [2.05, 4.69) is 10.3 Å². The van der Waals surface area contributed by atoms with Crippen molar-refractivity contribution < 1.29 is 28.2 Å². The van der Waals surface area contributed by atoms with Crippen molar-refractivity contribution in [3.63, 3.8) is 0 Å². The molecular formula is C25H22FN3O5. The Morgan fingerprint density at radius 3 is 2.74 bits per heavy atom. The number of para-hydroxylation sites is 1. The van der Waals surface area contributed by atoms with Crippen molar-refractivity contribution >= 4 is 23.3 Å². The second-order valence-corrected chi connectivity index (χ2v) is 7.59. The zero-order valence-corrected chi connectivity index (χ0v) is 18.4. The van der Waals surface area contributed by atoms with Crippen LogP contribution in [0.25, 0.3) is 0 Å². The number of rotatable bonds is 8. The summed E-state index contributed by atoms with van der Waals surface area (Å²) in [7, 11) is 0. The maximum atomic E-state index is 13.8. The first-order valence-electron chi connectivity index (χ1n) is 10.6. The zero-order valence-electron chi connectivity index (χ0n) is 18.4. The van der Waals surface area contributed by atoms with Crippen molar-refractivity contribution in [1.29, 1.82) is 0 Å². The van der Waals surface area contributed by atoms with E-state index in [-0.39, 0.29) is 30.4 Å². The minimum absolute atomic E-state index is 0.0350. The topological polar surface area (TPSA) is 97.8 Å². The quantitative estimate of drug-likeness (QED) is 0.516. The Labute approximate surface area is 195 Å². The summed E-state index contributed by atoms with van der Waals surface area (Å²) in [6.45, 7) is 1.18. The van der Waals surface area contributed by atoms with E-state index in [0.717, 1.165) is 0 Å². The molecule has 0 spiro atoms. The SMILES string of the molecule is C[C@H](C(=O)NCc1ccccn1)N1C(=O)COc2ccc(C(=O)COc3ccccc3F)cc21. The fourth-order valence-corrected chi connectivity index (χ4v) is 3.50. The Morgan fingerprint density at radius 1 is 1.18 bits per heavy atom. The number of hydrogen-bond donors (Lipinski definition) is 1. The molecule has 0 aliphatic carbocycles. The molecule has 0 saturated heterocycles. The molecule has 1 aliphatic heterocycles. The molecule has 2 amide bonds. The van der Waals surface area contributed by atoms with Gasteiger partial charge in [0.2, 0.25) is 5.91 Å². The van der Waals surface area contributed by atoms with Crippen LogP contribution in [0.5, 0.6) is 11.5 Å². The lowest BCUT2D eigenvalue weighted by molar-refractivity contribution is -0.127. The molecule has 1 aromatic heterocycles. The maximum Gasteiger partial charge on any atom is 0.265 e. The number of ether oxygens (including phenoxy) is 2. The number of nitrogens with zero attached hydrogens (tertiary/aromatic N) is 2. The average Bonchev–Trinajstić information content (AvgIpc) is 2.86. The van der Waals surface area contributed by atoms with E-state index in [9.17, 15) is 18.8 Å². The van der Waals surface area contributed by atoms with Gasteiger partial charge < -0.3 is 14.8 Å². The third-order valence-corrected chi connectivity index (χ3v) is 5.29. The Balaban J connectivity index is 1.49. The van der Waals surface area contributed by atoms with Crippen molar-refractivity contribution in [2.75, 3.05) is 18.1 Å². The number of Topliss-reactive ketones (excluding diaryl/α,β-unsaturated/α-hetero) is 1. The van der Waals surface area contributed by atoms with Crippen LogP contribution in [0, 0.1) is 5.82 Å². The molecule has 1 atom stereocenters. The largest absolute Gasteiger partial charge is 0.482 e. The molecule has 174 valence electrons. The van der Waals surface area contributed by atoms with Crippen molar-refractivity contribution in [3.8, 4) is 11.5 Å². The summed E-state index contributed by atoms with van der Waals surface area (Å²) in [4.78, 5) is 43.6. The number of carbonyl (C=O) groups excluding carboxylic acids is 3. The highest BCUT2D eigenvalue weighted by Gasteiger charge is 2.33. The van der Waals surface area contributed by atoms with Gasteiger partial charge in [-0.15, -0.1) is 0 Å². The first kappa shape index (κ1) is 22.9. The number of carbonyl (C=O) groups is 3. The van der Waals surface area contributed by atoms with Crippen LogP contribution in [0.3, 0.4) is 0 Å². The average molecular weight is 463 g/mol. The fourth-order valence-electron chi connectivity index (χ4n) is 3.50. The highest BCUT2D eigenvalue weighted by Crippen LogP contribution is 2.34. The summed E-state index contributed by atoms with van der Waals surface area (Å²) >= 11 is 0.